The Balaban J connectivity index is 2.95. The predicted molar refractivity (Wildman–Crippen MR) is 49.8 cm³/mol. The summed E-state index contributed by atoms with van der Waals surface area (Å²) in [4.78, 5) is 7.46. The van der Waals surface area contributed by atoms with Crippen LogP contribution in [0.5, 0.6) is 5.88 Å². The maximum atomic E-state index is 10.8. The zero-order valence-corrected chi connectivity index (χ0v) is 7.81. The normalized spacial score (nSPS) is 10.9. The third kappa shape index (κ3) is 1.29. The molecule has 1 heterocycles. The maximum absolute atomic E-state index is 10.8. The summed E-state index contributed by atoms with van der Waals surface area (Å²) in [5.74, 6) is -0.214. The molecule has 14 heavy (non-hydrogen) atoms. The summed E-state index contributed by atoms with van der Waals surface area (Å²) >= 11 is 0. The molecule has 0 aliphatic rings. The number of hydrogen-bond donors (Lipinski definition) is 2. The molecular weight excluding hydrogens is 204 g/mol. The quantitative estimate of drug-likeness (QED) is 0.662. The molecule has 5 nitrogen and oxygen atoms in total. The molecule has 0 bridgehead atoms. The number of benzene rings is 1. The Morgan fingerprint density at radius 2 is 2.00 bits per heavy atom. The van der Waals surface area contributed by atoms with Crippen LogP contribution in [-0.2, 0) is 10.7 Å². The van der Waals surface area contributed by atoms with E-state index < -0.39 is 10.7 Å². The zero-order chi connectivity index (χ0) is 10.1. The predicted octanol–water partition coefficient (Wildman–Crippen LogP) is 0.306. The number of rotatable bonds is 1. The van der Waals surface area contributed by atoms with E-state index in [1.807, 2.05) is 0 Å². The smallest absolute Gasteiger partial charge is 0.221 e. The summed E-state index contributed by atoms with van der Waals surface area (Å²) < 4.78 is 21.6. The molecule has 72 valence electrons. The first-order valence-corrected chi connectivity index (χ1v) is 4.95. The number of hydrogen-bond acceptors (Lipinski definition) is 5. The van der Waals surface area contributed by atoms with Crippen molar-refractivity contribution >= 4 is 21.6 Å². The molecule has 0 radical (unpaired) electrons. The summed E-state index contributed by atoms with van der Waals surface area (Å²) in [5.41, 5.74) is 0.246. The lowest BCUT2D eigenvalue weighted by molar-refractivity contribution is 0.459. The van der Waals surface area contributed by atoms with Gasteiger partial charge in [0.2, 0.25) is 5.88 Å². The van der Waals surface area contributed by atoms with Gasteiger partial charge in [0.25, 0.3) is 0 Å². The zero-order valence-electron chi connectivity index (χ0n) is 6.91. The van der Waals surface area contributed by atoms with Gasteiger partial charge in [-0.15, -0.1) is 0 Å². The van der Waals surface area contributed by atoms with Crippen LogP contribution in [0.15, 0.2) is 29.4 Å². The monoisotopic (exact) mass is 210 g/mol. The minimum Gasteiger partial charge on any atom is -0.493 e. The lowest BCUT2D eigenvalue weighted by Crippen LogP contribution is -1.88. The summed E-state index contributed by atoms with van der Waals surface area (Å²) in [6.07, 6.45) is 1.12. The molecule has 0 amide bonds. The van der Waals surface area contributed by atoms with Crippen molar-refractivity contribution in [2.45, 2.75) is 4.90 Å². The van der Waals surface area contributed by atoms with Crippen LogP contribution in [0.3, 0.4) is 0 Å². The largest absolute Gasteiger partial charge is 0.493 e. The first kappa shape index (κ1) is 8.89. The second-order valence-electron chi connectivity index (χ2n) is 2.63. The SMILES string of the molecule is O=[SH](=O)c1cccc2c(O)ncnc12. The number of nitrogens with zero attached hydrogens (tertiary/aromatic N) is 2. The van der Waals surface area contributed by atoms with Gasteiger partial charge in [0.05, 0.1) is 15.8 Å². The van der Waals surface area contributed by atoms with Crippen molar-refractivity contribution < 1.29 is 13.5 Å². The number of aromatic hydroxyl groups is 1. The molecule has 0 spiro atoms. The van der Waals surface area contributed by atoms with Crippen LogP contribution in [0.4, 0.5) is 0 Å². The second-order valence-corrected chi connectivity index (χ2v) is 3.62. The summed E-state index contributed by atoms with van der Waals surface area (Å²) in [6, 6.07) is 4.53. The highest BCUT2D eigenvalue weighted by atomic mass is 32.2. The molecule has 6 heteroatoms. The van der Waals surface area contributed by atoms with Crippen LogP contribution in [0.1, 0.15) is 0 Å². The lowest BCUT2D eigenvalue weighted by atomic mass is 10.2. The fraction of sp³-hybridized carbons (Fsp3) is 0. The van der Waals surface area contributed by atoms with Gasteiger partial charge in [0, 0.05) is 0 Å². The van der Waals surface area contributed by atoms with Crippen molar-refractivity contribution in [3.63, 3.8) is 0 Å². The van der Waals surface area contributed by atoms with Gasteiger partial charge in [-0.2, -0.15) is 0 Å². The van der Waals surface area contributed by atoms with Crippen molar-refractivity contribution in [3.8, 4) is 5.88 Å². The molecule has 0 saturated heterocycles. The first-order chi connectivity index (χ1) is 6.70. The number of fused-ring (bicyclic) bond motifs is 1. The molecule has 2 aromatic rings. The Morgan fingerprint density at radius 3 is 2.71 bits per heavy atom. The van der Waals surface area contributed by atoms with E-state index in [4.69, 9.17) is 0 Å². The molecular formula is C8H6N2O3S. The van der Waals surface area contributed by atoms with Gasteiger partial charge in [0.15, 0.2) is 10.7 Å². The first-order valence-electron chi connectivity index (χ1n) is 3.77. The maximum Gasteiger partial charge on any atom is 0.221 e. The second kappa shape index (κ2) is 3.22. The Labute approximate surface area is 81.0 Å². The van der Waals surface area contributed by atoms with Crippen LogP contribution in [0, 0.1) is 0 Å². The summed E-state index contributed by atoms with van der Waals surface area (Å²) in [5, 5.41) is 9.67. The molecule has 0 fully saturated rings. The molecule has 0 saturated carbocycles. The molecule has 1 aromatic heterocycles. The molecule has 0 aliphatic heterocycles. The van der Waals surface area contributed by atoms with Crippen LogP contribution in [-0.4, -0.2) is 23.5 Å². The summed E-state index contributed by atoms with van der Waals surface area (Å²) in [6.45, 7) is 0. The van der Waals surface area contributed by atoms with Crippen molar-refractivity contribution in [1.82, 2.24) is 9.97 Å². The topological polar surface area (TPSA) is 80.2 Å². The molecule has 1 aromatic carbocycles. The molecule has 0 unspecified atom stereocenters. The van der Waals surface area contributed by atoms with Crippen LogP contribution >= 0.6 is 0 Å². The highest BCUT2D eigenvalue weighted by molar-refractivity contribution is 7.72. The molecule has 2 rings (SSSR count). The molecule has 1 N–H and O–H groups in total. The van der Waals surface area contributed by atoms with Crippen LogP contribution < -0.4 is 0 Å². The Bertz CT molecular complexity index is 558. The number of thiol groups is 1. The van der Waals surface area contributed by atoms with E-state index in [0.29, 0.717) is 5.39 Å². The van der Waals surface area contributed by atoms with Crippen LogP contribution in [0.25, 0.3) is 10.9 Å². The van der Waals surface area contributed by atoms with Crippen molar-refractivity contribution in [3.05, 3.63) is 24.5 Å². The van der Waals surface area contributed by atoms with E-state index in [-0.39, 0.29) is 16.3 Å². The Morgan fingerprint density at radius 1 is 1.21 bits per heavy atom. The third-order valence-electron chi connectivity index (χ3n) is 1.82. The standard InChI is InChI=1S/C8H6N2O3S/c11-8-5-2-1-3-6(14(12)13)7(5)9-4-10-8/h1-4,14H,(H,9,10,11). The Hall–Kier alpha value is -1.69. The van der Waals surface area contributed by atoms with Crippen molar-refractivity contribution in [2.75, 3.05) is 0 Å². The van der Waals surface area contributed by atoms with E-state index in [1.54, 1.807) is 6.07 Å². The van der Waals surface area contributed by atoms with Gasteiger partial charge >= 0.3 is 0 Å². The van der Waals surface area contributed by atoms with Crippen LogP contribution in [0.2, 0.25) is 0 Å². The molecule has 0 aliphatic carbocycles. The average Bonchev–Trinajstić information content (AvgIpc) is 2.17. The van der Waals surface area contributed by atoms with E-state index in [9.17, 15) is 13.5 Å². The minimum atomic E-state index is -2.71. The highest BCUT2D eigenvalue weighted by Crippen LogP contribution is 2.23. The number of para-hydroxylation sites is 1. The van der Waals surface area contributed by atoms with Crippen molar-refractivity contribution in [1.29, 1.82) is 0 Å². The van der Waals surface area contributed by atoms with Crippen molar-refractivity contribution in [2.24, 2.45) is 0 Å². The minimum absolute atomic E-state index is 0.0928. The lowest BCUT2D eigenvalue weighted by Gasteiger charge is -1.99. The number of aromatic nitrogens is 2. The van der Waals surface area contributed by atoms with Gasteiger partial charge in [-0.3, -0.25) is 0 Å². The van der Waals surface area contributed by atoms with Gasteiger partial charge < -0.3 is 5.11 Å². The van der Waals surface area contributed by atoms with E-state index in [0.717, 1.165) is 6.33 Å². The van der Waals surface area contributed by atoms with Gasteiger partial charge in [-0.25, -0.2) is 18.4 Å². The summed E-state index contributed by atoms with van der Waals surface area (Å²) in [7, 11) is -2.71. The highest BCUT2D eigenvalue weighted by Gasteiger charge is 2.07. The molecule has 0 atom stereocenters. The van der Waals surface area contributed by atoms with E-state index >= 15 is 0 Å². The van der Waals surface area contributed by atoms with E-state index in [1.165, 1.54) is 12.1 Å². The van der Waals surface area contributed by atoms with Gasteiger partial charge in [0.1, 0.15) is 6.33 Å². The fourth-order valence-corrected chi connectivity index (χ4v) is 1.76. The average molecular weight is 210 g/mol. The fourth-order valence-electron chi connectivity index (χ4n) is 1.21. The Kier molecular flexibility index (Phi) is 2.05. The van der Waals surface area contributed by atoms with Gasteiger partial charge in [-0.05, 0) is 12.1 Å². The van der Waals surface area contributed by atoms with Gasteiger partial charge in [-0.1, -0.05) is 6.07 Å². The third-order valence-corrected chi connectivity index (χ3v) is 2.57. The van der Waals surface area contributed by atoms with E-state index in [2.05, 4.69) is 9.97 Å².